The number of rotatable bonds is 2. The second-order valence-corrected chi connectivity index (χ2v) is 4.82. The van der Waals surface area contributed by atoms with Crippen LogP contribution in [0.15, 0.2) is 36.8 Å². The van der Waals surface area contributed by atoms with Crippen LogP contribution in [-0.2, 0) is 0 Å². The molecule has 4 rings (SSSR count). The number of fused-ring (bicyclic) bond motifs is 2. The van der Waals surface area contributed by atoms with E-state index in [0.717, 1.165) is 11.1 Å². The van der Waals surface area contributed by atoms with Crippen molar-refractivity contribution in [2.75, 3.05) is 5.73 Å². The number of pyridine rings is 1. The Balaban J connectivity index is 1.96. The first-order chi connectivity index (χ1) is 10.6. The van der Waals surface area contributed by atoms with Gasteiger partial charge < -0.3 is 15.8 Å². The van der Waals surface area contributed by atoms with Gasteiger partial charge in [0.15, 0.2) is 5.65 Å². The van der Waals surface area contributed by atoms with E-state index >= 15 is 0 Å². The summed E-state index contributed by atoms with van der Waals surface area (Å²) in [4.78, 5) is 22.5. The number of benzene rings is 1. The molecule has 0 bridgehead atoms. The number of carbonyl (C=O) groups is 1. The Labute approximate surface area is 123 Å². The highest BCUT2D eigenvalue weighted by atomic mass is 16.4. The number of aromatic carboxylic acids is 1. The van der Waals surface area contributed by atoms with Gasteiger partial charge in [-0.05, 0) is 35.4 Å². The number of aromatic nitrogens is 5. The molecule has 4 N–H and O–H groups in total. The molecule has 0 fully saturated rings. The molecule has 8 nitrogen and oxygen atoms in total. The normalized spacial score (nSPS) is 11.3. The molecule has 0 atom stereocenters. The highest BCUT2D eigenvalue weighted by Crippen LogP contribution is 2.27. The van der Waals surface area contributed by atoms with Gasteiger partial charge in [0.25, 0.3) is 0 Å². The fraction of sp³-hybridized carbons (Fsp3) is 0. The topological polar surface area (TPSA) is 122 Å². The third-order valence-electron chi connectivity index (χ3n) is 3.44. The lowest BCUT2D eigenvalue weighted by Crippen LogP contribution is -1.98. The van der Waals surface area contributed by atoms with E-state index in [4.69, 9.17) is 5.73 Å². The Hall–Kier alpha value is -3.42. The number of nitrogens with two attached hydrogens (primary N) is 1. The van der Waals surface area contributed by atoms with Crippen LogP contribution in [0.2, 0.25) is 0 Å². The van der Waals surface area contributed by atoms with Crippen molar-refractivity contribution in [3.63, 3.8) is 0 Å². The summed E-state index contributed by atoms with van der Waals surface area (Å²) in [5.41, 5.74) is 8.98. The van der Waals surface area contributed by atoms with Crippen LogP contribution in [0.1, 0.15) is 10.4 Å². The zero-order valence-electron chi connectivity index (χ0n) is 11.2. The molecule has 22 heavy (non-hydrogen) atoms. The standard InChI is InChI=1S/C14H10N6O2/c15-14-18-11-5-7(1-2-20(11)19-14)8-3-9(13(21)22)12-10(4-8)16-6-17-12/h1-6H,(H2,15,19)(H,16,17)(H,21,22). The van der Waals surface area contributed by atoms with E-state index in [1.165, 1.54) is 6.33 Å². The summed E-state index contributed by atoms with van der Waals surface area (Å²) in [5.74, 6) is -0.834. The molecule has 0 unspecified atom stereocenters. The molecule has 0 spiro atoms. The molecule has 0 aliphatic rings. The monoisotopic (exact) mass is 294 g/mol. The minimum atomic E-state index is -1.02. The Morgan fingerprint density at radius 3 is 2.95 bits per heavy atom. The van der Waals surface area contributed by atoms with Crippen LogP contribution < -0.4 is 5.73 Å². The minimum Gasteiger partial charge on any atom is -0.478 e. The van der Waals surface area contributed by atoms with Gasteiger partial charge in [-0.25, -0.2) is 14.3 Å². The summed E-state index contributed by atoms with van der Waals surface area (Å²) in [6.45, 7) is 0. The number of nitrogens with one attached hydrogen (secondary N) is 1. The van der Waals surface area contributed by atoms with Gasteiger partial charge in [-0.1, -0.05) is 0 Å². The first-order valence-corrected chi connectivity index (χ1v) is 6.44. The maximum Gasteiger partial charge on any atom is 0.337 e. The minimum absolute atomic E-state index is 0.148. The van der Waals surface area contributed by atoms with Crippen LogP contribution in [-0.4, -0.2) is 35.6 Å². The summed E-state index contributed by atoms with van der Waals surface area (Å²) in [6.07, 6.45) is 3.20. The average Bonchev–Trinajstić information content (AvgIpc) is 3.09. The number of nitrogens with zero attached hydrogens (tertiary/aromatic N) is 4. The second-order valence-electron chi connectivity index (χ2n) is 4.82. The summed E-state index contributed by atoms with van der Waals surface area (Å²) in [6, 6.07) is 7.06. The number of aromatic amines is 1. The van der Waals surface area contributed by atoms with Gasteiger partial charge in [0.1, 0.15) is 5.52 Å². The Kier molecular flexibility index (Phi) is 2.40. The number of H-pyrrole nitrogens is 1. The number of hydrogen-bond acceptors (Lipinski definition) is 5. The Bertz CT molecular complexity index is 1030. The predicted octanol–water partition coefficient (Wildman–Crippen LogP) is 1.55. The SMILES string of the molecule is Nc1nc2cc(-c3cc(C(=O)O)c4nc[nH]c4c3)ccn2n1. The zero-order valence-corrected chi connectivity index (χ0v) is 11.2. The largest absolute Gasteiger partial charge is 0.478 e. The van der Waals surface area contributed by atoms with Crippen LogP contribution in [0.3, 0.4) is 0 Å². The molecule has 0 radical (unpaired) electrons. The van der Waals surface area contributed by atoms with Gasteiger partial charge in [0.05, 0.1) is 17.4 Å². The van der Waals surface area contributed by atoms with Crippen LogP contribution in [0.5, 0.6) is 0 Å². The van der Waals surface area contributed by atoms with E-state index in [9.17, 15) is 9.90 Å². The number of carboxylic acid groups (broad SMARTS) is 1. The molecule has 0 saturated carbocycles. The number of anilines is 1. The first kappa shape index (κ1) is 12.3. The molecule has 3 heterocycles. The first-order valence-electron chi connectivity index (χ1n) is 6.44. The van der Waals surface area contributed by atoms with Crippen LogP contribution in [0, 0.1) is 0 Å². The van der Waals surface area contributed by atoms with Crippen molar-refractivity contribution < 1.29 is 9.90 Å². The fourth-order valence-electron chi connectivity index (χ4n) is 2.46. The molecule has 8 heteroatoms. The summed E-state index contributed by atoms with van der Waals surface area (Å²) >= 11 is 0. The van der Waals surface area contributed by atoms with E-state index in [1.807, 2.05) is 12.1 Å². The predicted molar refractivity (Wildman–Crippen MR) is 79.4 cm³/mol. The summed E-state index contributed by atoms with van der Waals surface area (Å²) in [5, 5.41) is 13.4. The highest BCUT2D eigenvalue weighted by molar-refractivity contribution is 6.03. The van der Waals surface area contributed by atoms with Gasteiger partial charge in [-0.15, -0.1) is 5.10 Å². The summed E-state index contributed by atoms with van der Waals surface area (Å²) in [7, 11) is 0. The smallest absolute Gasteiger partial charge is 0.337 e. The molecule has 108 valence electrons. The molecule has 1 aromatic carbocycles. The van der Waals surface area contributed by atoms with E-state index in [-0.39, 0.29) is 11.5 Å². The van der Waals surface area contributed by atoms with Crippen molar-refractivity contribution in [1.82, 2.24) is 24.6 Å². The molecular formula is C14H10N6O2. The summed E-state index contributed by atoms with van der Waals surface area (Å²) < 4.78 is 1.56. The van der Waals surface area contributed by atoms with Crippen molar-refractivity contribution in [2.24, 2.45) is 0 Å². The maximum atomic E-state index is 11.4. The number of carboxylic acids is 1. The molecule has 0 aliphatic carbocycles. The fourth-order valence-corrected chi connectivity index (χ4v) is 2.46. The highest BCUT2D eigenvalue weighted by Gasteiger charge is 2.14. The van der Waals surface area contributed by atoms with E-state index in [2.05, 4.69) is 20.1 Å². The van der Waals surface area contributed by atoms with Crippen molar-refractivity contribution >= 4 is 28.6 Å². The van der Waals surface area contributed by atoms with Gasteiger partial charge in [-0.2, -0.15) is 4.98 Å². The Morgan fingerprint density at radius 2 is 2.14 bits per heavy atom. The van der Waals surface area contributed by atoms with Gasteiger partial charge >= 0.3 is 5.97 Å². The maximum absolute atomic E-state index is 11.4. The number of nitrogen functional groups attached to an aromatic ring is 1. The molecule has 3 aromatic heterocycles. The lowest BCUT2D eigenvalue weighted by molar-refractivity contribution is 0.0699. The lowest BCUT2D eigenvalue weighted by atomic mass is 10.0. The molecule has 0 amide bonds. The van der Waals surface area contributed by atoms with E-state index in [1.54, 1.807) is 22.8 Å². The molecule has 0 saturated heterocycles. The number of hydrogen-bond donors (Lipinski definition) is 3. The van der Waals surface area contributed by atoms with Gasteiger partial charge in [-0.3, -0.25) is 0 Å². The van der Waals surface area contributed by atoms with Crippen molar-refractivity contribution in [2.45, 2.75) is 0 Å². The van der Waals surface area contributed by atoms with Crippen LogP contribution >= 0.6 is 0 Å². The van der Waals surface area contributed by atoms with Crippen LogP contribution in [0.25, 0.3) is 27.8 Å². The second kappa shape index (κ2) is 4.29. The molecule has 0 aliphatic heterocycles. The van der Waals surface area contributed by atoms with Gasteiger partial charge in [0.2, 0.25) is 5.95 Å². The van der Waals surface area contributed by atoms with E-state index < -0.39 is 5.97 Å². The van der Waals surface area contributed by atoms with Gasteiger partial charge in [0, 0.05) is 6.20 Å². The quantitative estimate of drug-likeness (QED) is 0.515. The number of imidazole rings is 1. The Morgan fingerprint density at radius 1 is 1.27 bits per heavy atom. The van der Waals surface area contributed by atoms with Crippen molar-refractivity contribution in [3.8, 4) is 11.1 Å². The zero-order chi connectivity index (χ0) is 15.3. The lowest BCUT2D eigenvalue weighted by Gasteiger charge is -2.05. The third-order valence-corrected chi connectivity index (χ3v) is 3.44. The molecule has 4 aromatic rings. The van der Waals surface area contributed by atoms with Crippen LogP contribution in [0.4, 0.5) is 5.95 Å². The van der Waals surface area contributed by atoms with Crippen molar-refractivity contribution in [3.05, 3.63) is 42.4 Å². The third kappa shape index (κ3) is 1.78. The average molecular weight is 294 g/mol. The van der Waals surface area contributed by atoms with E-state index in [0.29, 0.717) is 16.7 Å². The van der Waals surface area contributed by atoms with Crippen molar-refractivity contribution in [1.29, 1.82) is 0 Å². The molecular weight excluding hydrogens is 284 g/mol.